The molecule has 0 aromatic carbocycles. The van der Waals surface area contributed by atoms with Crippen LogP contribution in [0.3, 0.4) is 0 Å². The van der Waals surface area contributed by atoms with Crippen molar-refractivity contribution in [1.29, 1.82) is 0 Å². The standard InChI is InChI=1S/C16H30O/c1-4-14-7-10-16(11-8-14)15(5-2)9-6-13(3)12-17/h14-17H,3-12H2,1-2H3. The Bertz CT molecular complexity index is 214. The van der Waals surface area contributed by atoms with Crippen LogP contribution in [-0.4, -0.2) is 11.7 Å². The lowest BCUT2D eigenvalue weighted by molar-refractivity contribution is 0.187. The monoisotopic (exact) mass is 238 g/mol. The van der Waals surface area contributed by atoms with E-state index in [0.29, 0.717) is 0 Å². The molecule has 0 heterocycles. The highest BCUT2D eigenvalue weighted by molar-refractivity contribution is 4.94. The molecule has 0 bridgehead atoms. The topological polar surface area (TPSA) is 20.2 Å². The van der Waals surface area contributed by atoms with Crippen LogP contribution in [-0.2, 0) is 0 Å². The minimum Gasteiger partial charge on any atom is -0.392 e. The fourth-order valence-electron chi connectivity index (χ4n) is 3.31. The molecular formula is C16H30O. The minimum atomic E-state index is 0.166. The molecule has 1 aliphatic rings. The minimum absolute atomic E-state index is 0.166. The highest BCUT2D eigenvalue weighted by Gasteiger charge is 2.25. The number of hydrogen-bond acceptors (Lipinski definition) is 1. The molecule has 1 saturated carbocycles. The van der Waals surface area contributed by atoms with Gasteiger partial charge in [0.15, 0.2) is 0 Å². The second kappa shape index (κ2) is 7.92. The Labute approximate surface area is 107 Å². The van der Waals surface area contributed by atoms with Gasteiger partial charge in [0.05, 0.1) is 6.61 Å². The van der Waals surface area contributed by atoms with E-state index >= 15 is 0 Å². The lowest BCUT2D eigenvalue weighted by atomic mass is 9.73. The molecule has 1 nitrogen and oxygen atoms in total. The van der Waals surface area contributed by atoms with Gasteiger partial charge in [0, 0.05) is 0 Å². The van der Waals surface area contributed by atoms with Crippen molar-refractivity contribution in [3.63, 3.8) is 0 Å². The Kier molecular flexibility index (Phi) is 6.87. The van der Waals surface area contributed by atoms with Gasteiger partial charge in [0.25, 0.3) is 0 Å². The zero-order valence-corrected chi connectivity index (χ0v) is 11.8. The highest BCUT2D eigenvalue weighted by atomic mass is 16.3. The Morgan fingerprint density at radius 1 is 1.24 bits per heavy atom. The van der Waals surface area contributed by atoms with Gasteiger partial charge in [0.1, 0.15) is 0 Å². The quantitative estimate of drug-likeness (QED) is 0.645. The lowest BCUT2D eigenvalue weighted by Crippen LogP contribution is -2.21. The zero-order chi connectivity index (χ0) is 12.7. The molecule has 0 radical (unpaired) electrons. The fraction of sp³-hybridized carbons (Fsp3) is 0.875. The highest BCUT2D eigenvalue weighted by Crippen LogP contribution is 2.38. The molecule has 0 amide bonds. The maximum atomic E-state index is 9.00. The fourth-order valence-corrected chi connectivity index (χ4v) is 3.31. The molecule has 1 unspecified atom stereocenters. The number of aliphatic hydroxyl groups excluding tert-OH is 1. The summed E-state index contributed by atoms with van der Waals surface area (Å²) in [6.45, 7) is 8.71. The first-order valence-corrected chi connectivity index (χ1v) is 7.48. The molecule has 100 valence electrons. The van der Waals surface area contributed by atoms with Crippen LogP contribution in [0.15, 0.2) is 12.2 Å². The van der Waals surface area contributed by atoms with Crippen molar-refractivity contribution in [2.75, 3.05) is 6.61 Å². The first kappa shape index (κ1) is 14.8. The van der Waals surface area contributed by atoms with E-state index in [0.717, 1.165) is 29.7 Å². The van der Waals surface area contributed by atoms with Crippen LogP contribution in [0.2, 0.25) is 0 Å². The van der Waals surface area contributed by atoms with E-state index in [1.807, 2.05) is 0 Å². The zero-order valence-electron chi connectivity index (χ0n) is 11.8. The third kappa shape index (κ3) is 4.83. The van der Waals surface area contributed by atoms with Crippen LogP contribution < -0.4 is 0 Å². The van der Waals surface area contributed by atoms with Crippen molar-refractivity contribution < 1.29 is 5.11 Å². The van der Waals surface area contributed by atoms with Crippen molar-refractivity contribution in [2.45, 2.75) is 65.2 Å². The molecule has 0 spiro atoms. The van der Waals surface area contributed by atoms with Gasteiger partial charge < -0.3 is 5.11 Å². The normalized spacial score (nSPS) is 26.8. The second-order valence-electron chi connectivity index (χ2n) is 5.80. The van der Waals surface area contributed by atoms with E-state index in [9.17, 15) is 0 Å². The maximum Gasteiger partial charge on any atom is 0.0639 e. The van der Waals surface area contributed by atoms with Gasteiger partial charge >= 0.3 is 0 Å². The predicted molar refractivity (Wildman–Crippen MR) is 75.0 cm³/mol. The second-order valence-corrected chi connectivity index (χ2v) is 5.80. The van der Waals surface area contributed by atoms with E-state index in [1.165, 1.54) is 44.9 Å². The SMILES string of the molecule is C=C(CO)CCC(CC)C1CCC(CC)CC1. The first-order valence-electron chi connectivity index (χ1n) is 7.48. The van der Waals surface area contributed by atoms with Crippen molar-refractivity contribution in [3.8, 4) is 0 Å². The average molecular weight is 238 g/mol. The van der Waals surface area contributed by atoms with Crippen molar-refractivity contribution >= 4 is 0 Å². The molecule has 0 saturated heterocycles. The predicted octanol–water partition coefficient (Wildman–Crippen LogP) is 4.56. The summed E-state index contributed by atoms with van der Waals surface area (Å²) in [4.78, 5) is 0. The van der Waals surface area contributed by atoms with Gasteiger partial charge in [-0.25, -0.2) is 0 Å². The average Bonchev–Trinajstić information content (AvgIpc) is 2.39. The Morgan fingerprint density at radius 2 is 1.88 bits per heavy atom. The van der Waals surface area contributed by atoms with Gasteiger partial charge in [-0.05, 0) is 43.4 Å². The third-order valence-electron chi connectivity index (χ3n) is 4.75. The number of aliphatic hydroxyl groups is 1. The Balaban J connectivity index is 2.33. The van der Waals surface area contributed by atoms with Crippen LogP contribution in [0.5, 0.6) is 0 Å². The molecule has 1 heteroatoms. The molecule has 1 fully saturated rings. The maximum absolute atomic E-state index is 9.00. The Hall–Kier alpha value is -0.300. The van der Waals surface area contributed by atoms with E-state index in [1.54, 1.807) is 0 Å². The molecule has 1 N–H and O–H groups in total. The van der Waals surface area contributed by atoms with Gasteiger partial charge in [0.2, 0.25) is 0 Å². The third-order valence-corrected chi connectivity index (χ3v) is 4.75. The first-order chi connectivity index (χ1) is 8.21. The van der Waals surface area contributed by atoms with Crippen LogP contribution in [0.25, 0.3) is 0 Å². The van der Waals surface area contributed by atoms with Crippen LogP contribution in [0, 0.1) is 17.8 Å². The molecule has 0 aromatic rings. The molecule has 17 heavy (non-hydrogen) atoms. The van der Waals surface area contributed by atoms with E-state index in [2.05, 4.69) is 20.4 Å². The summed E-state index contributed by atoms with van der Waals surface area (Å²) in [5.74, 6) is 2.79. The smallest absolute Gasteiger partial charge is 0.0639 e. The number of hydrogen-bond donors (Lipinski definition) is 1. The summed E-state index contributed by atoms with van der Waals surface area (Å²) in [6.07, 6.45) is 10.7. The van der Waals surface area contributed by atoms with Crippen molar-refractivity contribution in [3.05, 3.63) is 12.2 Å². The lowest BCUT2D eigenvalue weighted by Gasteiger charge is -2.33. The summed E-state index contributed by atoms with van der Waals surface area (Å²) in [6, 6.07) is 0. The molecular weight excluding hydrogens is 208 g/mol. The summed E-state index contributed by atoms with van der Waals surface area (Å²) in [5.41, 5.74) is 1.01. The molecule has 0 aliphatic heterocycles. The summed E-state index contributed by atoms with van der Waals surface area (Å²) in [7, 11) is 0. The van der Waals surface area contributed by atoms with Gasteiger partial charge in [-0.1, -0.05) is 51.7 Å². The molecule has 1 aliphatic carbocycles. The van der Waals surface area contributed by atoms with Crippen LogP contribution in [0.4, 0.5) is 0 Å². The largest absolute Gasteiger partial charge is 0.392 e. The summed E-state index contributed by atoms with van der Waals surface area (Å²) >= 11 is 0. The van der Waals surface area contributed by atoms with Gasteiger partial charge in [-0.15, -0.1) is 0 Å². The van der Waals surface area contributed by atoms with Crippen LogP contribution in [0.1, 0.15) is 65.2 Å². The summed E-state index contributed by atoms with van der Waals surface area (Å²) in [5, 5.41) is 9.00. The van der Waals surface area contributed by atoms with Gasteiger partial charge in [-0.2, -0.15) is 0 Å². The molecule has 1 rings (SSSR count). The van der Waals surface area contributed by atoms with Gasteiger partial charge in [-0.3, -0.25) is 0 Å². The molecule has 0 aromatic heterocycles. The summed E-state index contributed by atoms with van der Waals surface area (Å²) < 4.78 is 0. The van der Waals surface area contributed by atoms with E-state index in [4.69, 9.17) is 5.11 Å². The van der Waals surface area contributed by atoms with E-state index in [-0.39, 0.29) is 6.61 Å². The van der Waals surface area contributed by atoms with E-state index < -0.39 is 0 Å². The number of rotatable bonds is 7. The Morgan fingerprint density at radius 3 is 2.35 bits per heavy atom. The van der Waals surface area contributed by atoms with Crippen molar-refractivity contribution in [2.24, 2.45) is 17.8 Å². The van der Waals surface area contributed by atoms with Crippen LogP contribution >= 0.6 is 0 Å². The van der Waals surface area contributed by atoms with Crippen molar-refractivity contribution in [1.82, 2.24) is 0 Å². The molecule has 1 atom stereocenters.